The lowest BCUT2D eigenvalue weighted by atomic mass is 10.1. The van der Waals surface area contributed by atoms with Gasteiger partial charge >= 0.3 is 0 Å². The summed E-state index contributed by atoms with van der Waals surface area (Å²) in [4.78, 5) is 25.9. The van der Waals surface area contributed by atoms with Crippen LogP contribution in [0.15, 0.2) is 24.3 Å². The topological polar surface area (TPSA) is 57.6 Å². The first-order chi connectivity index (χ1) is 8.72. The minimum Gasteiger partial charge on any atom is -0.396 e. The molecule has 1 aromatic rings. The fourth-order valence-electron chi connectivity index (χ4n) is 2.99. The number of nitrogens with zero attached hydrogens (tertiary/aromatic N) is 1. The van der Waals surface area contributed by atoms with Crippen LogP contribution >= 0.6 is 0 Å². The minimum atomic E-state index is -0.181. The number of carbonyl (C=O) groups excluding carboxylic acids is 2. The molecule has 3 rings (SSSR count). The predicted octanol–water partition coefficient (Wildman–Crippen LogP) is 1.44. The van der Waals surface area contributed by atoms with Gasteiger partial charge in [-0.1, -0.05) is 12.1 Å². The summed E-state index contributed by atoms with van der Waals surface area (Å²) >= 11 is 0. The number of aliphatic hydroxyl groups excluding tert-OH is 1. The highest BCUT2D eigenvalue weighted by Gasteiger charge is 2.42. The third-order valence-corrected chi connectivity index (χ3v) is 3.96. The Balaban J connectivity index is 1.89. The van der Waals surface area contributed by atoms with Crippen LogP contribution in [-0.4, -0.2) is 34.5 Å². The summed E-state index contributed by atoms with van der Waals surface area (Å²) in [5.41, 5.74) is 1.02. The summed E-state index contributed by atoms with van der Waals surface area (Å²) in [6.45, 7) is 0.139. The van der Waals surface area contributed by atoms with Crippen molar-refractivity contribution in [3.05, 3.63) is 35.4 Å². The van der Waals surface area contributed by atoms with E-state index in [1.807, 2.05) is 0 Å². The molecular formula is C14H15NO3. The first kappa shape index (κ1) is 11.4. The Hall–Kier alpha value is -1.68. The van der Waals surface area contributed by atoms with Crippen molar-refractivity contribution in [1.29, 1.82) is 0 Å². The summed E-state index contributed by atoms with van der Waals surface area (Å²) in [5, 5.41) is 9.14. The standard InChI is InChI=1S/C14H15NO3/c16-8-9-5-6-10(7-9)15-13(17)11-3-1-2-4-12(11)14(15)18/h1-4,9-10,16H,5-8H2. The second-order valence-corrected chi connectivity index (χ2v) is 5.04. The average molecular weight is 245 g/mol. The van der Waals surface area contributed by atoms with Gasteiger partial charge in [0.25, 0.3) is 11.8 Å². The van der Waals surface area contributed by atoms with Crippen LogP contribution in [0, 0.1) is 5.92 Å². The number of imide groups is 1. The number of hydrogen-bond donors (Lipinski definition) is 1. The molecule has 4 nitrogen and oxygen atoms in total. The molecule has 1 N–H and O–H groups in total. The van der Waals surface area contributed by atoms with E-state index >= 15 is 0 Å². The minimum absolute atomic E-state index is 0.0467. The summed E-state index contributed by atoms with van der Waals surface area (Å²) < 4.78 is 0. The van der Waals surface area contributed by atoms with Gasteiger partial charge in [0, 0.05) is 12.6 Å². The van der Waals surface area contributed by atoms with Crippen molar-refractivity contribution in [3.63, 3.8) is 0 Å². The van der Waals surface area contributed by atoms with E-state index in [2.05, 4.69) is 0 Å². The quantitative estimate of drug-likeness (QED) is 0.802. The number of aliphatic hydroxyl groups is 1. The molecule has 1 fully saturated rings. The van der Waals surface area contributed by atoms with Crippen LogP contribution < -0.4 is 0 Å². The molecule has 0 saturated heterocycles. The fraction of sp³-hybridized carbons (Fsp3) is 0.429. The van der Waals surface area contributed by atoms with Crippen molar-refractivity contribution in [1.82, 2.24) is 4.90 Å². The van der Waals surface area contributed by atoms with Gasteiger partial charge in [-0.25, -0.2) is 0 Å². The monoisotopic (exact) mass is 245 g/mol. The fourth-order valence-corrected chi connectivity index (χ4v) is 2.99. The Bertz CT molecular complexity index is 477. The SMILES string of the molecule is O=C1c2ccccc2C(=O)N1C1CCC(CO)C1. The van der Waals surface area contributed by atoms with Crippen molar-refractivity contribution < 1.29 is 14.7 Å². The normalized spacial score (nSPS) is 26.8. The average Bonchev–Trinajstić information content (AvgIpc) is 2.95. The van der Waals surface area contributed by atoms with Crippen molar-refractivity contribution in [3.8, 4) is 0 Å². The molecule has 1 aliphatic heterocycles. The Labute approximate surface area is 105 Å². The molecule has 1 saturated carbocycles. The van der Waals surface area contributed by atoms with Gasteiger partial charge in [0.2, 0.25) is 0 Å². The van der Waals surface area contributed by atoms with Crippen molar-refractivity contribution in [2.45, 2.75) is 25.3 Å². The molecular weight excluding hydrogens is 230 g/mol. The number of carbonyl (C=O) groups is 2. The molecule has 0 radical (unpaired) electrons. The molecule has 4 heteroatoms. The molecule has 1 heterocycles. The van der Waals surface area contributed by atoms with Gasteiger partial charge in [-0.3, -0.25) is 14.5 Å². The maximum absolute atomic E-state index is 12.2. The molecule has 0 bridgehead atoms. The zero-order valence-electron chi connectivity index (χ0n) is 10.0. The lowest BCUT2D eigenvalue weighted by molar-refractivity contribution is 0.0581. The zero-order chi connectivity index (χ0) is 12.7. The summed E-state index contributed by atoms with van der Waals surface area (Å²) in [7, 11) is 0. The molecule has 2 unspecified atom stereocenters. The van der Waals surface area contributed by atoms with Crippen LogP contribution in [0.3, 0.4) is 0 Å². The summed E-state index contributed by atoms with van der Waals surface area (Å²) in [6.07, 6.45) is 2.41. The van der Waals surface area contributed by atoms with E-state index in [1.165, 1.54) is 4.90 Å². The van der Waals surface area contributed by atoms with E-state index in [4.69, 9.17) is 5.11 Å². The highest BCUT2D eigenvalue weighted by molar-refractivity contribution is 6.21. The molecule has 2 aliphatic rings. The van der Waals surface area contributed by atoms with E-state index in [0.29, 0.717) is 11.1 Å². The maximum Gasteiger partial charge on any atom is 0.261 e. The summed E-state index contributed by atoms with van der Waals surface area (Å²) in [5.74, 6) is -0.141. The van der Waals surface area contributed by atoms with Crippen LogP contribution in [0.4, 0.5) is 0 Å². The van der Waals surface area contributed by atoms with Gasteiger partial charge in [-0.15, -0.1) is 0 Å². The Morgan fingerprint density at radius 3 is 2.22 bits per heavy atom. The molecule has 94 valence electrons. The van der Waals surface area contributed by atoms with Crippen LogP contribution in [0.25, 0.3) is 0 Å². The Kier molecular flexibility index (Phi) is 2.67. The van der Waals surface area contributed by atoms with Gasteiger partial charge < -0.3 is 5.11 Å². The Morgan fingerprint density at radius 1 is 1.11 bits per heavy atom. The van der Waals surface area contributed by atoms with Gasteiger partial charge in [-0.05, 0) is 37.3 Å². The van der Waals surface area contributed by atoms with Crippen molar-refractivity contribution >= 4 is 11.8 Å². The molecule has 18 heavy (non-hydrogen) atoms. The van der Waals surface area contributed by atoms with E-state index < -0.39 is 0 Å². The van der Waals surface area contributed by atoms with Crippen LogP contribution in [-0.2, 0) is 0 Å². The highest BCUT2D eigenvalue weighted by Crippen LogP contribution is 2.34. The van der Waals surface area contributed by atoms with E-state index in [-0.39, 0.29) is 30.4 Å². The zero-order valence-corrected chi connectivity index (χ0v) is 10.0. The lowest BCUT2D eigenvalue weighted by Crippen LogP contribution is -2.38. The van der Waals surface area contributed by atoms with Gasteiger partial charge in [0.15, 0.2) is 0 Å². The predicted molar refractivity (Wildman–Crippen MR) is 65.2 cm³/mol. The van der Waals surface area contributed by atoms with Crippen molar-refractivity contribution in [2.24, 2.45) is 5.92 Å². The number of hydrogen-bond acceptors (Lipinski definition) is 3. The molecule has 2 amide bonds. The number of rotatable bonds is 2. The van der Waals surface area contributed by atoms with E-state index in [9.17, 15) is 9.59 Å². The number of amides is 2. The molecule has 1 aromatic carbocycles. The molecule has 0 aromatic heterocycles. The first-order valence-corrected chi connectivity index (χ1v) is 6.30. The van der Waals surface area contributed by atoms with Gasteiger partial charge in [0.1, 0.15) is 0 Å². The molecule has 0 spiro atoms. The third-order valence-electron chi connectivity index (χ3n) is 3.96. The first-order valence-electron chi connectivity index (χ1n) is 6.30. The number of benzene rings is 1. The molecule has 2 atom stereocenters. The van der Waals surface area contributed by atoms with E-state index in [0.717, 1.165) is 19.3 Å². The van der Waals surface area contributed by atoms with Crippen LogP contribution in [0.1, 0.15) is 40.0 Å². The smallest absolute Gasteiger partial charge is 0.261 e. The summed E-state index contributed by atoms with van der Waals surface area (Å²) in [6, 6.07) is 6.91. The van der Waals surface area contributed by atoms with Gasteiger partial charge in [0.05, 0.1) is 11.1 Å². The van der Waals surface area contributed by atoms with E-state index in [1.54, 1.807) is 24.3 Å². The maximum atomic E-state index is 12.2. The highest BCUT2D eigenvalue weighted by atomic mass is 16.3. The second-order valence-electron chi connectivity index (χ2n) is 5.04. The Morgan fingerprint density at radius 2 is 1.72 bits per heavy atom. The van der Waals surface area contributed by atoms with Crippen LogP contribution in [0.5, 0.6) is 0 Å². The second kappa shape index (κ2) is 4.21. The van der Waals surface area contributed by atoms with Gasteiger partial charge in [-0.2, -0.15) is 0 Å². The van der Waals surface area contributed by atoms with Crippen LogP contribution in [0.2, 0.25) is 0 Å². The largest absolute Gasteiger partial charge is 0.396 e. The lowest BCUT2D eigenvalue weighted by Gasteiger charge is -2.21. The number of fused-ring (bicyclic) bond motifs is 1. The molecule has 1 aliphatic carbocycles. The third kappa shape index (κ3) is 1.56. The van der Waals surface area contributed by atoms with Crippen molar-refractivity contribution in [2.75, 3.05) is 6.61 Å².